The first kappa shape index (κ1) is 50.2. The molecule has 0 radical (unpaired) electrons. The molecule has 1 heterocycles. The molecule has 0 aliphatic carbocycles. The number of hydrogen-bond acceptors (Lipinski definition) is 3. The van der Waals surface area contributed by atoms with Gasteiger partial charge in [0.1, 0.15) is 0 Å². The highest BCUT2D eigenvalue weighted by atomic mass is 15.0. The summed E-state index contributed by atoms with van der Waals surface area (Å²) in [6.45, 7) is 20.6. The molecule has 16 aromatic rings. The summed E-state index contributed by atoms with van der Waals surface area (Å²) in [5.74, 6) is 1.88. The molecule has 15 aromatic carbocycles. The molecule has 0 aliphatic heterocycles. The Hall–Kier alpha value is -9.57. The molecule has 0 saturated heterocycles. The van der Waals surface area contributed by atoms with Crippen LogP contribution in [0, 0.1) is 0 Å². The molecule has 84 heavy (non-hydrogen) atoms. The molecule has 0 fully saturated rings. The molecule has 3 heteroatoms. The zero-order chi connectivity index (χ0) is 57.1. The minimum absolute atomic E-state index is 0.0734. The molecule has 3 nitrogen and oxygen atoms in total. The molecular formula is C81H63N3. The largest absolute Gasteiger partial charge is 0.208 e. The number of rotatable bonds is 6. The van der Waals surface area contributed by atoms with Crippen molar-refractivity contribution in [3.05, 3.63) is 235 Å². The van der Waals surface area contributed by atoms with Gasteiger partial charge in [0.25, 0.3) is 0 Å². The molecular weight excluding hydrogens is 1010 g/mol. The fourth-order valence-electron chi connectivity index (χ4n) is 13.5. The lowest BCUT2D eigenvalue weighted by Gasteiger charge is -2.21. The van der Waals surface area contributed by atoms with E-state index in [1.807, 2.05) is 0 Å². The van der Waals surface area contributed by atoms with Crippen LogP contribution in [0.25, 0.3) is 164 Å². The van der Waals surface area contributed by atoms with Gasteiger partial charge < -0.3 is 0 Å². The first-order chi connectivity index (χ1) is 40.4. The highest BCUT2D eigenvalue weighted by Crippen LogP contribution is 2.44. The topological polar surface area (TPSA) is 38.7 Å². The first-order valence-electron chi connectivity index (χ1n) is 29.7. The van der Waals surface area contributed by atoms with Crippen LogP contribution in [0.5, 0.6) is 0 Å². The fraction of sp³-hybridized carbons (Fsp3) is 0.148. The summed E-state index contributed by atoms with van der Waals surface area (Å²) in [7, 11) is 0. The van der Waals surface area contributed by atoms with Crippen LogP contribution in [0.3, 0.4) is 0 Å². The number of benzene rings is 15. The van der Waals surface area contributed by atoms with E-state index in [1.165, 1.54) is 130 Å². The van der Waals surface area contributed by atoms with E-state index >= 15 is 0 Å². The zero-order valence-electron chi connectivity index (χ0n) is 49.1. The van der Waals surface area contributed by atoms with Crippen molar-refractivity contribution in [2.45, 2.75) is 78.6 Å². The predicted octanol–water partition coefficient (Wildman–Crippen LogP) is 22.5. The molecule has 1 aromatic heterocycles. The minimum atomic E-state index is 0.0734. The third-order valence-electron chi connectivity index (χ3n) is 18.3. The summed E-state index contributed by atoms with van der Waals surface area (Å²) in [6, 6.07) is 82.1. The molecule has 0 atom stereocenters. The normalized spacial score (nSPS) is 12.8. The van der Waals surface area contributed by atoms with Crippen LogP contribution in [0.1, 0.15) is 79.0 Å². The van der Waals surface area contributed by atoms with Crippen LogP contribution < -0.4 is 0 Å². The summed E-state index contributed by atoms with van der Waals surface area (Å²) in [5.41, 5.74) is 14.0. The van der Waals surface area contributed by atoms with Crippen molar-refractivity contribution < 1.29 is 0 Å². The van der Waals surface area contributed by atoms with E-state index in [0.717, 1.165) is 33.4 Å². The van der Waals surface area contributed by atoms with Crippen LogP contribution >= 0.6 is 0 Å². The Bertz CT molecular complexity index is 4570. The molecule has 0 amide bonds. The third kappa shape index (κ3) is 8.19. The molecule has 0 unspecified atom stereocenters. The Morgan fingerprint density at radius 1 is 0.179 bits per heavy atom. The van der Waals surface area contributed by atoms with Crippen molar-refractivity contribution in [1.29, 1.82) is 0 Å². The number of hydrogen-bond donors (Lipinski definition) is 0. The first-order valence-corrected chi connectivity index (χ1v) is 29.7. The van der Waals surface area contributed by atoms with E-state index in [2.05, 4.69) is 281 Å². The van der Waals surface area contributed by atoms with Gasteiger partial charge in [0.05, 0.1) is 0 Å². The Kier molecular flexibility index (Phi) is 10.7. The quantitative estimate of drug-likeness (QED) is 0.156. The Labute approximate surface area is 490 Å². The lowest BCUT2D eigenvalue weighted by atomic mass is 9.83. The molecule has 16 rings (SSSR count). The van der Waals surface area contributed by atoms with Crippen molar-refractivity contribution in [2.75, 3.05) is 0 Å². The second kappa shape index (κ2) is 18.0. The lowest BCUT2D eigenvalue weighted by Crippen LogP contribution is -2.10. The monoisotopic (exact) mass is 1080 g/mol. The summed E-state index contributed by atoms with van der Waals surface area (Å²) < 4.78 is 0. The standard InChI is InChI=1S/C81H63N3/c1-79(2,3)67-40-58-28-22-52-34-64(35-53-23-29-59(41-67)73(58)70(52)53)46-10-16-49(17-11-46)76-82-77(50-18-12-47(13-19-50)65-36-54-24-30-60-42-68(80(4,5)6)43-61-31-25-55(37-65)71(54)74(60)61)84-78(83-76)51-20-14-48(15-21-51)66-38-56-26-32-62-44-69(81(7,8)9)45-63-33-27-57(39-66)72(56)75(62)63/h10-45H,1-9H3. The summed E-state index contributed by atoms with van der Waals surface area (Å²) in [6.07, 6.45) is 0. The smallest absolute Gasteiger partial charge is 0.164 e. The Morgan fingerprint density at radius 3 is 0.500 bits per heavy atom. The van der Waals surface area contributed by atoms with Crippen molar-refractivity contribution in [1.82, 2.24) is 15.0 Å². The minimum Gasteiger partial charge on any atom is -0.208 e. The summed E-state index contributed by atoms with van der Waals surface area (Å²) >= 11 is 0. The SMILES string of the molecule is CC(C)(C)c1cc2ccc3cc(-c4ccc(-c5nc(-c6ccc(-c7cc8ccc9cc(C(C)(C)C)cc%10ccc(c7)c8c9%10)cc6)nc(-c6ccc(-c7cc8ccc9cc(C(C)(C)C)cc%10ccc(c7)c8c9%10)cc6)n5)cc4)cc4ccc(c1)c2c34. The molecule has 0 aliphatic rings. The van der Waals surface area contributed by atoms with Gasteiger partial charge in [0.15, 0.2) is 17.5 Å². The maximum atomic E-state index is 5.26. The van der Waals surface area contributed by atoms with Crippen LogP contribution in [0.4, 0.5) is 0 Å². The third-order valence-corrected chi connectivity index (χ3v) is 18.3. The van der Waals surface area contributed by atoms with Gasteiger partial charge in [-0.3, -0.25) is 0 Å². The maximum Gasteiger partial charge on any atom is 0.164 e. The van der Waals surface area contributed by atoms with Gasteiger partial charge in [0, 0.05) is 16.7 Å². The fourth-order valence-corrected chi connectivity index (χ4v) is 13.5. The van der Waals surface area contributed by atoms with E-state index in [-0.39, 0.29) is 16.2 Å². The average Bonchev–Trinajstić information content (AvgIpc) is 1.21. The summed E-state index contributed by atoms with van der Waals surface area (Å²) in [5, 5.41) is 23.3. The Morgan fingerprint density at radius 2 is 0.333 bits per heavy atom. The van der Waals surface area contributed by atoms with Crippen molar-refractivity contribution in [3.63, 3.8) is 0 Å². The molecule has 0 saturated carbocycles. The van der Waals surface area contributed by atoms with Gasteiger partial charge in [-0.25, -0.2) is 15.0 Å². The lowest BCUT2D eigenvalue weighted by molar-refractivity contribution is 0.591. The van der Waals surface area contributed by atoms with Crippen LogP contribution in [-0.4, -0.2) is 15.0 Å². The van der Waals surface area contributed by atoms with E-state index in [1.54, 1.807) is 0 Å². The van der Waals surface area contributed by atoms with E-state index in [9.17, 15) is 0 Å². The van der Waals surface area contributed by atoms with Gasteiger partial charge >= 0.3 is 0 Å². The van der Waals surface area contributed by atoms with Crippen molar-refractivity contribution in [3.8, 4) is 67.5 Å². The average molecular weight is 1080 g/mol. The zero-order valence-corrected chi connectivity index (χ0v) is 49.1. The maximum absolute atomic E-state index is 5.26. The second-order valence-corrected chi connectivity index (χ2v) is 27.0. The highest BCUT2D eigenvalue weighted by molar-refractivity contribution is 6.26. The molecule has 0 bridgehead atoms. The predicted molar refractivity (Wildman–Crippen MR) is 360 cm³/mol. The van der Waals surface area contributed by atoms with Crippen LogP contribution in [0.15, 0.2) is 218 Å². The number of aromatic nitrogens is 3. The molecule has 402 valence electrons. The van der Waals surface area contributed by atoms with E-state index < -0.39 is 0 Å². The van der Waals surface area contributed by atoms with Gasteiger partial charge in [0.2, 0.25) is 0 Å². The van der Waals surface area contributed by atoms with Crippen LogP contribution in [-0.2, 0) is 16.2 Å². The van der Waals surface area contributed by atoms with Gasteiger partial charge in [-0.1, -0.05) is 244 Å². The van der Waals surface area contributed by atoms with Gasteiger partial charge in [-0.15, -0.1) is 0 Å². The van der Waals surface area contributed by atoms with Crippen LogP contribution in [0.2, 0.25) is 0 Å². The summed E-state index contributed by atoms with van der Waals surface area (Å²) in [4.78, 5) is 15.8. The molecule has 0 spiro atoms. The highest BCUT2D eigenvalue weighted by Gasteiger charge is 2.22. The van der Waals surface area contributed by atoms with E-state index in [0.29, 0.717) is 17.5 Å². The van der Waals surface area contributed by atoms with Crippen molar-refractivity contribution in [2.24, 2.45) is 0 Å². The molecule has 0 N–H and O–H groups in total. The van der Waals surface area contributed by atoms with Crippen molar-refractivity contribution >= 4 is 97.0 Å². The van der Waals surface area contributed by atoms with E-state index in [4.69, 9.17) is 15.0 Å². The Balaban J connectivity index is 0.764. The van der Waals surface area contributed by atoms with Gasteiger partial charge in [-0.2, -0.15) is 0 Å². The number of nitrogens with zero attached hydrogens (tertiary/aromatic N) is 3. The van der Waals surface area contributed by atoms with Gasteiger partial charge in [-0.05, 0) is 200 Å². The second-order valence-electron chi connectivity index (χ2n) is 27.0.